The summed E-state index contributed by atoms with van der Waals surface area (Å²) in [5.41, 5.74) is 0. The van der Waals surface area contributed by atoms with Gasteiger partial charge in [0.15, 0.2) is 0 Å². The number of allylic oxidation sites excluding steroid dienone is 6. The average Bonchev–Trinajstić information content (AvgIpc) is 3.16. The zero-order valence-electron chi connectivity index (χ0n) is 35.8. The van der Waals surface area contributed by atoms with Gasteiger partial charge >= 0.3 is 0 Å². The molecule has 1 amide bonds. The van der Waals surface area contributed by atoms with Crippen LogP contribution in [0.1, 0.15) is 251 Å². The second kappa shape index (κ2) is 45.0. The van der Waals surface area contributed by atoms with Crippen molar-refractivity contribution in [2.45, 2.75) is 264 Å². The average molecular weight is 744 g/mol. The van der Waals surface area contributed by atoms with Crippen LogP contribution in [0, 0.1) is 0 Å². The highest BCUT2D eigenvalue weighted by molar-refractivity contribution is 5.76. The van der Waals surface area contributed by atoms with E-state index in [2.05, 4.69) is 55.6 Å². The quantitative estimate of drug-likeness (QED) is 0.0430. The van der Waals surface area contributed by atoms with Crippen molar-refractivity contribution in [2.75, 3.05) is 6.61 Å². The summed E-state index contributed by atoms with van der Waals surface area (Å²) in [6.45, 7) is 4.36. The van der Waals surface area contributed by atoms with Gasteiger partial charge in [-0.2, -0.15) is 0 Å². The highest BCUT2D eigenvalue weighted by Crippen LogP contribution is 2.16. The molecule has 2 atom stereocenters. The molecule has 0 aliphatic rings. The molecule has 53 heavy (non-hydrogen) atoms. The standard InChI is InChI=1S/C49H93NO3/c1-3-5-7-9-11-13-15-17-19-21-23-24-25-26-27-29-31-33-35-37-39-41-43-45-49(53)50-47(46-51)48(52)44-42-40-38-36-34-32-30-28-22-20-18-16-14-12-10-8-6-4-2/h15,17,21,23,25-26,47-48,51-52H,3-14,16,18-20,22,24,27-46H2,1-2H3,(H,50,53)/b17-15-,23-21-,26-25-. The first kappa shape index (κ1) is 51.6. The number of aliphatic hydroxyl groups is 2. The molecule has 4 nitrogen and oxygen atoms in total. The SMILES string of the molecule is CCCCCCC/C=C\C/C=C\C/C=C\CCCCCCCCCCC(=O)NC(CO)C(O)CCCCCCCCCCCCCCCCCCCC. The van der Waals surface area contributed by atoms with Gasteiger partial charge in [0.2, 0.25) is 5.91 Å². The predicted molar refractivity (Wildman–Crippen MR) is 235 cm³/mol. The largest absolute Gasteiger partial charge is 0.394 e. The second-order valence-corrected chi connectivity index (χ2v) is 16.2. The molecule has 0 fully saturated rings. The first-order chi connectivity index (χ1) is 26.2. The molecule has 0 bridgehead atoms. The molecule has 0 radical (unpaired) electrons. The summed E-state index contributed by atoms with van der Waals surface area (Å²) >= 11 is 0. The predicted octanol–water partition coefficient (Wildman–Crippen LogP) is 15.0. The Morgan fingerprint density at radius 3 is 1.15 bits per heavy atom. The number of amides is 1. The summed E-state index contributed by atoms with van der Waals surface area (Å²) in [5, 5.41) is 23.2. The van der Waals surface area contributed by atoms with Crippen LogP contribution < -0.4 is 5.32 Å². The van der Waals surface area contributed by atoms with Crippen molar-refractivity contribution in [1.29, 1.82) is 0 Å². The zero-order chi connectivity index (χ0) is 38.6. The monoisotopic (exact) mass is 744 g/mol. The van der Waals surface area contributed by atoms with Crippen LogP contribution in [-0.2, 0) is 4.79 Å². The summed E-state index contributed by atoms with van der Waals surface area (Å²) in [6, 6.07) is -0.540. The molecule has 0 rings (SSSR count). The van der Waals surface area contributed by atoms with Crippen LogP contribution in [0.3, 0.4) is 0 Å². The molecule has 3 N–H and O–H groups in total. The van der Waals surface area contributed by atoms with Crippen LogP contribution in [0.2, 0.25) is 0 Å². The van der Waals surface area contributed by atoms with E-state index in [9.17, 15) is 15.0 Å². The highest BCUT2D eigenvalue weighted by atomic mass is 16.3. The Hall–Kier alpha value is -1.39. The van der Waals surface area contributed by atoms with Gasteiger partial charge in [0.05, 0.1) is 18.8 Å². The molecule has 0 aromatic rings. The van der Waals surface area contributed by atoms with E-state index >= 15 is 0 Å². The molecule has 312 valence electrons. The maximum atomic E-state index is 12.4. The third-order valence-corrected chi connectivity index (χ3v) is 10.9. The van der Waals surface area contributed by atoms with Crippen molar-refractivity contribution in [1.82, 2.24) is 5.32 Å². The highest BCUT2D eigenvalue weighted by Gasteiger charge is 2.20. The number of carbonyl (C=O) groups excluding carboxylic acids is 1. The lowest BCUT2D eigenvalue weighted by Gasteiger charge is -2.22. The molecule has 0 heterocycles. The van der Waals surface area contributed by atoms with Crippen LogP contribution in [-0.4, -0.2) is 34.9 Å². The molecule has 0 aliphatic carbocycles. The number of unbranched alkanes of at least 4 members (excludes halogenated alkanes) is 30. The van der Waals surface area contributed by atoms with Gasteiger partial charge in [-0.25, -0.2) is 0 Å². The fourth-order valence-electron chi connectivity index (χ4n) is 7.25. The molecule has 0 aromatic heterocycles. The Balaban J connectivity index is 3.53. The van der Waals surface area contributed by atoms with E-state index in [4.69, 9.17) is 0 Å². The van der Waals surface area contributed by atoms with Gasteiger partial charge < -0.3 is 15.5 Å². The topological polar surface area (TPSA) is 69.6 Å². The third kappa shape index (κ3) is 41.6. The lowest BCUT2D eigenvalue weighted by molar-refractivity contribution is -0.123. The minimum absolute atomic E-state index is 0.0372. The molecule has 0 aromatic carbocycles. The van der Waals surface area contributed by atoms with Crippen LogP contribution in [0.4, 0.5) is 0 Å². The van der Waals surface area contributed by atoms with Crippen molar-refractivity contribution in [2.24, 2.45) is 0 Å². The molecule has 2 unspecified atom stereocenters. The van der Waals surface area contributed by atoms with Gasteiger partial charge in [0.1, 0.15) is 0 Å². The minimum atomic E-state index is -0.663. The normalized spacial score (nSPS) is 13.2. The van der Waals surface area contributed by atoms with Crippen LogP contribution in [0.25, 0.3) is 0 Å². The third-order valence-electron chi connectivity index (χ3n) is 10.9. The van der Waals surface area contributed by atoms with Crippen molar-refractivity contribution in [3.63, 3.8) is 0 Å². The Kier molecular flexibility index (Phi) is 43.8. The van der Waals surface area contributed by atoms with E-state index in [-0.39, 0.29) is 12.5 Å². The molecular formula is C49H93NO3. The summed E-state index contributed by atoms with van der Waals surface area (Å²) in [6.07, 6.45) is 59.4. The number of hydrogen-bond acceptors (Lipinski definition) is 3. The van der Waals surface area contributed by atoms with Gasteiger partial charge in [-0.3, -0.25) is 4.79 Å². The van der Waals surface area contributed by atoms with Crippen molar-refractivity contribution in [3.8, 4) is 0 Å². The van der Waals surface area contributed by atoms with Gasteiger partial charge in [-0.05, 0) is 51.4 Å². The Bertz CT molecular complexity index is 806. The Labute approximate surface area is 331 Å². The minimum Gasteiger partial charge on any atom is -0.394 e. The molecule has 0 saturated heterocycles. The molecule has 0 aliphatic heterocycles. The van der Waals surface area contributed by atoms with Crippen LogP contribution in [0.15, 0.2) is 36.5 Å². The number of rotatable bonds is 43. The van der Waals surface area contributed by atoms with E-state index in [0.717, 1.165) is 38.5 Å². The molecule has 0 saturated carbocycles. The van der Waals surface area contributed by atoms with Crippen LogP contribution in [0.5, 0.6) is 0 Å². The first-order valence-electron chi connectivity index (χ1n) is 23.7. The lowest BCUT2D eigenvalue weighted by Crippen LogP contribution is -2.45. The van der Waals surface area contributed by atoms with Gasteiger partial charge in [-0.1, -0.05) is 230 Å². The summed E-state index contributed by atoms with van der Waals surface area (Å²) in [7, 11) is 0. The van der Waals surface area contributed by atoms with E-state index in [1.165, 1.54) is 186 Å². The van der Waals surface area contributed by atoms with E-state index in [1.54, 1.807) is 0 Å². The van der Waals surface area contributed by atoms with E-state index in [0.29, 0.717) is 12.8 Å². The number of aliphatic hydroxyl groups excluding tert-OH is 2. The van der Waals surface area contributed by atoms with E-state index in [1.807, 2.05) is 0 Å². The number of nitrogens with one attached hydrogen (secondary N) is 1. The van der Waals surface area contributed by atoms with Crippen molar-refractivity contribution < 1.29 is 15.0 Å². The lowest BCUT2D eigenvalue weighted by atomic mass is 10.0. The Morgan fingerprint density at radius 2 is 0.774 bits per heavy atom. The molecular weight excluding hydrogens is 651 g/mol. The first-order valence-corrected chi connectivity index (χ1v) is 23.7. The maximum Gasteiger partial charge on any atom is 0.220 e. The molecule has 0 spiro atoms. The maximum absolute atomic E-state index is 12.4. The van der Waals surface area contributed by atoms with Gasteiger partial charge in [-0.15, -0.1) is 0 Å². The molecule has 4 heteroatoms. The van der Waals surface area contributed by atoms with Crippen molar-refractivity contribution in [3.05, 3.63) is 36.5 Å². The second-order valence-electron chi connectivity index (χ2n) is 16.2. The van der Waals surface area contributed by atoms with Crippen LogP contribution >= 0.6 is 0 Å². The summed E-state index contributed by atoms with van der Waals surface area (Å²) < 4.78 is 0. The summed E-state index contributed by atoms with van der Waals surface area (Å²) in [4.78, 5) is 12.4. The van der Waals surface area contributed by atoms with Crippen molar-refractivity contribution >= 4 is 5.91 Å². The number of hydrogen-bond donors (Lipinski definition) is 3. The van der Waals surface area contributed by atoms with Gasteiger partial charge in [0.25, 0.3) is 0 Å². The smallest absolute Gasteiger partial charge is 0.220 e. The van der Waals surface area contributed by atoms with E-state index < -0.39 is 12.1 Å². The summed E-state index contributed by atoms with van der Waals surface area (Å²) in [5.74, 6) is -0.0372. The number of carbonyl (C=O) groups is 1. The van der Waals surface area contributed by atoms with Gasteiger partial charge in [0, 0.05) is 6.42 Å². The zero-order valence-corrected chi connectivity index (χ0v) is 35.8. The fraction of sp³-hybridized carbons (Fsp3) is 0.857. The fourth-order valence-corrected chi connectivity index (χ4v) is 7.25. The Morgan fingerprint density at radius 1 is 0.453 bits per heavy atom.